The standard InChI is InChI=1S/C13H7Br3/c14-9-1-2-10-7(4-9)3-8-5-12(15)13(16)6-11(8)10/h1-2,4-6H,3H2. The molecule has 0 N–H and O–H groups in total. The molecule has 0 unspecified atom stereocenters. The van der Waals surface area contributed by atoms with Crippen molar-refractivity contribution in [3.05, 3.63) is 54.9 Å². The molecule has 0 amide bonds. The Morgan fingerprint density at radius 2 is 1.44 bits per heavy atom. The molecule has 0 bridgehead atoms. The van der Waals surface area contributed by atoms with Crippen LogP contribution in [0.5, 0.6) is 0 Å². The van der Waals surface area contributed by atoms with Gasteiger partial charge in [-0.3, -0.25) is 0 Å². The highest BCUT2D eigenvalue weighted by atomic mass is 79.9. The Bertz CT molecular complexity index is 588. The zero-order valence-corrected chi connectivity index (χ0v) is 13.0. The molecule has 2 aromatic rings. The average molecular weight is 403 g/mol. The van der Waals surface area contributed by atoms with Crippen LogP contribution in [0.3, 0.4) is 0 Å². The second kappa shape index (κ2) is 3.97. The molecule has 0 saturated carbocycles. The molecule has 0 nitrogen and oxygen atoms in total. The van der Waals surface area contributed by atoms with Gasteiger partial charge in [-0.1, -0.05) is 22.0 Å². The Morgan fingerprint density at radius 3 is 2.25 bits per heavy atom. The van der Waals surface area contributed by atoms with E-state index in [1.807, 2.05) is 0 Å². The first-order valence-electron chi connectivity index (χ1n) is 4.92. The van der Waals surface area contributed by atoms with Gasteiger partial charge >= 0.3 is 0 Å². The van der Waals surface area contributed by atoms with Crippen LogP contribution in [-0.2, 0) is 6.42 Å². The highest BCUT2D eigenvalue weighted by Gasteiger charge is 2.19. The molecule has 0 fully saturated rings. The first kappa shape index (κ1) is 11.0. The first-order chi connectivity index (χ1) is 7.65. The summed E-state index contributed by atoms with van der Waals surface area (Å²) in [6.07, 6.45) is 1.02. The van der Waals surface area contributed by atoms with Crippen LogP contribution in [0.15, 0.2) is 43.7 Å². The van der Waals surface area contributed by atoms with E-state index in [-0.39, 0.29) is 0 Å². The average Bonchev–Trinajstić information content (AvgIpc) is 2.55. The van der Waals surface area contributed by atoms with Gasteiger partial charge in [-0.05, 0) is 84.8 Å². The van der Waals surface area contributed by atoms with Gasteiger partial charge in [-0.25, -0.2) is 0 Å². The lowest BCUT2D eigenvalue weighted by atomic mass is 10.1. The van der Waals surface area contributed by atoms with Crippen molar-refractivity contribution in [1.29, 1.82) is 0 Å². The van der Waals surface area contributed by atoms with E-state index in [2.05, 4.69) is 78.1 Å². The molecule has 0 radical (unpaired) electrons. The molecule has 0 heterocycles. The maximum atomic E-state index is 3.56. The quantitative estimate of drug-likeness (QED) is 0.462. The van der Waals surface area contributed by atoms with Crippen molar-refractivity contribution in [1.82, 2.24) is 0 Å². The Balaban J connectivity index is 2.25. The number of hydrogen-bond donors (Lipinski definition) is 0. The molecule has 0 spiro atoms. The summed E-state index contributed by atoms with van der Waals surface area (Å²) in [5.74, 6) is 0. The number of halogens is 3. The molecule has 3 heteroatoms. The smallest absolute Gasteiger partial charge is 0.0323 e. The third-order valence-electron chi connectivity index (χ3n) is 2.88. The molecule has 16 heavy (non-hydrogen) atoms. The summed E-state index contributed by atoms with van der Waals surface area (Å²) in [5, 5.41) is 0. The van der Waals surface area contributed by atoms with Gasteiger partial charge in [0.05, 0.1) is 0 Å². The van der Waals surface area contributed by atoms with Crippen LogP contribution in [0.25, 0.3) is 11.1 Å². The molecule has 0 aliphatic heterocycles. The van der Waals surface area contributed by atoms with Gasteiger partial charge in [0.25, 0.3) is 0 Å². The fraction of sp³-hybridized carbons (Fsp3) is 0.0769. The van der Waals surface area contributed by atoms with E-state index in [0.717, 1.165) is 19.8 Å². The monoisotopic (exact) mass is 400 g/mol. The van der Waals surface area contributed by atoms with Gasteiger partial charge in [-0.15, -0.1) is 0 Å². The van der Waals surface area contributed by atoms with Crippen LogP contribution in [0.4, 0.5) is 0 Å². The van der Waals surface area contributed by atoms with Crippen molar-refractivity contribution in [2.45, 2.75) is 6.42 Å². The van der Waals surface area contributed by atoms with E-state index in [1.165, 1.54) is 22.3 Å². The summed E-state index contributed by atoms with van der Waals surface area (Å²) in [6.45, 7) is 0. The van der Waals surface area contributed by atoms with Gasteiger partial charge in [0, 0.05) is 13.4 Å². The summed E-state index contributed by atoms with van der Waals surface area (Å²) in [5.41, 5.74) is 5.49. The van der Waals surface area contributed by atoms with Crippen LogP contribution < -0.4 is 0 Å². The van der Waals surface area contributed by atoms with Gasteiger partial charge < -0.3 is 0 Å². The fourth-order valence-corrected chi connectivity index (χ4v) is 3.30. The number of rotatable bonds is 0. The Hall–Kier alpha value is -0.120. The molecular formula is C13H7Br3. The van der Waals surface area contributed by atoms with E-state index in [0.29, 0.717) is 0 Å². The van der Waals surface area contributed by atoms with Crippen molar-refractivity contribution in [3.8, 4) is 11.1 Å². The highest BCUT2D eigenvalue weighted by Crippen LogP contribution is 2.41. The minimum Gasteiger partial charge on any atom is -0.0530 e. The molecular weight excluding hydrogens is 396 g/mol. The third-order valence-corrected chi connectivity index (χ3v) is 5.22. The molecule has 0 saturated heterocycles. The summed E-state index contributed by atoms with van der Waals surface area (Å²) < 4.78 is 3.39. The third kappa shape index (κ3) is 1.69. The summed E-state index contributed by atoms with van der Waals surface area (Å²) in [4.78, 5) is 0. The molecule has 2 aromatic carbocycles. The molecule has 80 valence electrons. The van der Waals surface area contributed by atoms with E-state index >= 15 is 0 Å². The van der Waals surface area contributed by atoms with Crippen molar-refractivity contribution >= 4 is 47.8 Å². The Morgan fingerprint density at radius 1 is 0.750 bits per heavy atom. The first-order valence-corrected chi connectivity index (χ1v) is 7.30. The second-order valence-corrected chi connectivity index (χ2v) is 6.53. The van der Waals surface area contributed by atoms with E-state index in [4.69, 9.17) is 0 Å². The van der Waals surface area contributed by atoms with Crippen molar-refractivity contribution in [3.63, 3.8) is 0 Å². The second-order valence-electron chi connectivity index (χ2n) is 3.90. The SMILES string of the molecule is Brc1ccc2c(c1)Cc1cc(Br)c(Br)cc1-2. The zero-order valence-electron chi connectivity index (χ0n) is 8.23. The lowest BCUT2D eigenvalue weighted by Gasteiger charge is -2.03. The van der Waals surface area contributed by atoms with Gasteiger partial charge in [0.15, 0.2) is 0 Å². The lowest BCUT2D eigenvalue weighted by molar-refractivity contribution is 1.25. The normalized spacial score (nSPS) is 12.4. The van der Waals surface area contributed by atoms with Gasteiger partial charge in [0.2, 0.25) is 0 Å². The van der Waals surface area contributed by atoms with Crippen molar-refractivity contribution in [2.24, 2.45) is 0 Å². The fourth-order valence-electron chi connectivity index (χ4n) is 2.16. The summed E-state index contributed by atoms with van der Waals surface area (Å²) >= 11 is 10.6. The number of hydrogen-bond acceptors (Lipinski definition) is 0. The van der Waals surface area contributed by atoms with Crippen molar-refractivity contribution < 1.29 is 0 Å². The van der Waals surface area contributed by atoms with E-state index < -0.39 is 0 Å². The van der Waals surface area contributed by atoms with Crippen molar-refractivity contribution in [2.75, 3.05) is 0 Å². The van der Waals surface area contributed by atoms with Crippen LogP contribution in [0, 0.1) is 0 Å². The molecule has 0 aromatic heterocycles. The predicted octanol–water partition coefficient (Wildman–Crippen LogP) is 5.55. The van der Waals surface area contributed by atoms with E-state index in [1.54, 1.807) is 0 Å². The highest BCUT2D eigenvalue weighted by molar-refractivity contribution is 9.13. The van der Waals surface area contributed by atoms with Crippen LogP contribution >= 0.6 is 47.8 Å². The molecule has 3 rings (SSSR count). The number of fused-ring (bicyclic) bond motifs is 3. The molecule has 1 aliphatic rings. The minimum atomic E-state index is 1.02. The van der Waals surface area contributed by atoms with Crippen LogP contribution in [0.2, 0.25) is 0 Å². The van der Waals surface area contributed by atoms with Crippen LogP contribution in [0.1, 0.15) is 11.1 Å². The lowest BCUT2D eigenvalue weighted by Crippen LogP contribution is -1.81. The maximum Gasteiger partial charge on any atom is 0.0323 e. The largest absolute Gasteiger partial charge is 0.0530 e. The molecule has 0 atom stereocenters. The van der Waals surface area contributed by atoms with E-state index in [9.17, 15) is 0 Å². The predicted molar refractivity (Wildman–Crippen MR) is 77.8 cm³/mol. The zero-order chi connectivity index (χ0) is 11.3. The Kier molecular flexibility index (Phi) is 2.73. The Labute approximate surface area is 119 Å². The van der Waals surface area contributed by atoms with Gasteiger partial charge in [-0.2, -0.15) is 0 Å². The summed E-state index contributed by atoms with van der Waals surface area (Å²) in [6, 6.07) is 10.9. The maximum absolute atomic E-state index is 3.56. The summed E-state index contributed by atoms with van der Waals surface area (Å²) in [7, 11) is 0. The van der Waals surface area contributed by atoms with Crippen LogP contribution in [-0.4, -0.2) is 0 Å². The number of benzene rings is 2. The molecule has 1 aliphatic carbocycles. The minimum absolute atomic E-state index is 1.02. The topological polar surface area (TPSA) is 0 Å². The van der Waals surface area contributed by atoms with Gasteiger partial charge in [0.1, 0.15) is 0 Å².